The highest BCUT2D eigenvalue weighted by atomic mass is 19.1. The van der Waals surface area contributed by atoms with Crippen molar-refractivity contribution in [1.82, 2.24) is 16.0 Å². The predicted molar refractivity (Wildman–Crippen MR) is 97.2 cm³/mol. The second-order valence-corrected chi connectivity index (χ2v) is 6.42. The van der Waals surface area contributed by atoms with Gasteiger partial charge in [-0.15, -0.1) is 0 Å². The van der Waals surface area contributed by atoms with E-state index in [4.69, 9.17) is 0 Å². The largest absolute Gasteiger partial charge is 0.350 e. The summed E-state index contributed by atoms with van der Waals surface area (Å²) in [7, 11) is 0. The lowest BCUT2D eigenvalue weighted by molar-refractivity contribution is -0.123. The third kappa shape index (κ3) is 4.89. The lowest BCUT2D eigenvalue weighted by Crippen LogP contribution is -2.51. The molecule has 3 N–H and O–H groups in total. The first-order valence-corrected chi connectivity index (χ1v) is 8.73. The van der Waals surface area contributed by atoms with Gasteiger partial charge in [-0.25, -0.2) is 4.39 Å². The maximum Gasteiger partial charge on any atom is 0.251 e. The number of carbonyl (C=O) groups is 2. The number of amides is 2. The summed E-state index contributed by atoms with van der Waals surface area (Å²) in [5.74, 6) is -1.02. The summed E-state index contributed by atoms with van der Waals surface area (Å²) in [6.07, 6.45) is 1.26. The molecule has 0 aliphatic carbocycles. The Bertz CT molecular complexity index is 743. The Labute approximate surface area is 152 Å². The molecule has 136 valence electrons. The molecule has 6 heteroatoms. The number of halogens is 1. The van der Waals surface area contributed by atoms with Crippen molar-refractivity contribution in [1.29, 1.82) is 0 Å². The molecule has 2 amide bonds. The van der Waals surface area contributed by atoms with Crippen LogP contribution in [-0.4, -0.2) is 37.0 Å². The predicted octanol–water partition coefficient (Wildman–Crippen LogP) is 1.64. The lowest BCUT2D eigenvalue weighted by atomic mass is 10.0. The first-order chi connectivity index (χ1) is 12.6. The molecule has 5 nitrogen and oxygen atoms in total. The minimum Gasteiger partial charge on any atom is -0.350 e. The van der Waals surface area contributed by atoms with Crippen molar-refractivity contribution in [2.75, 3.05) is 13.1 Å². The van der Waals surface area contributed by atoms with Gasteiger partial charge in [0.25, 0.3) is 5.91 Å². The summed E-state index contributed by atoms with van der Waals surface area (Å²) in [4.78, 5) is 25.2. The van der Waals surface area contributed by atoms with Crippen LogP contribution in [0.4, 0.5) is 4.39 Å². The normalized spacial score (nSPS) is 17.5. The third-order valence-corrected chi connectivity index (χ3v) is 4.42. The van der Waals surface area contributed by atoms with Crippen molar-refractivity contribution in [3.05, 3.63) is 71.5 Å². The van der Waals surface area contributed by atoms with Crippen LogP contribution in [0.5, 0.6) is 0 Å². The Morgan fingerprint density at radius 3 is 2.50 bits per heavy atom. The Balaban J connectivity index is 1.71. The number of benzene rings is 2. The molecule has 1 saturated heterocycles. The van der Waals surface area contributed by atoms with Gasteiger partial charge in [-0.05, 0) is 42.8 Å². The van der Waals surface area contributed by atoms with Crippen molar-refractivity contribution in [3.63, 3.8) is 0 Å². The van der Waals surface area contributed by atoms with Gasteiger partial charge in [0.15, 0.2) is 0 Å². The van der Waals surface area contributed by atoms with Crippen molar-refractivity contribution in [3.8, 4) is 0 Å². The summed E-state index contributed by atoms with van der Waals surface area (Å²) in [6.45, 7) is 1.60. The summed E-state index contributed by atoms with van der Waals surface area (Å²) in [5.41, 5.74) is 1.27. The first kappa shape index (κ1) is 18.1. The van der Waals surface area contributed by atoms with Gasteiger partial charge in [-0.3, -0.25) is 9.59 Å². The highest BCUT2D eigenvalue weighted by Crippen LogP contribution is 2.08. The fourth-order valence-corrected chi connectivity index (χ4v) is 2.98. The third-order valence-electron chi connectivity index (χ3n) is 4.42. The molecule has 0 aromatic heterocycles. The topological polar surface area (TPSA) is 70.2 Å². The average Bonchev–Trinajstić information content (AvgIpc) is 3.15. The summed E-state index contributed by atoms with van der Waals surface area (Å²) >= 11 is 0. The molecule has 26 heavy (non-hydrogen) atoms. The Hall–Kier alpha value is -2.73. The highest BCUT2D eigenvalue weighted by molar-refractivity contribution is 5.97. The van der Waals surface area contributed by atoms with Gasteiger partial charge in [0.1, 0.15) is 11.9 Å². The van der Waals surface area contributed by atoms with Crippen molar-refractivity contribution in [2.24, 2.45) is 0 Å². The zero-order valence-corrected chi connectivity index (χ0v) is 14.4. The average molecular weight is 355 g/mol. The standard InChI is InChI=1S/C20H22FN3O2/c21-16-8-6-15(7-9-16)19(25)24-18(12-14-4-2-1-3-5-14)20(26)23-17-10-11-22-13-17/h1-9,17-18,22H,10-13H2,(H,23,26)(H,24,25)/t17-,18+/m1/s1. The lowest BCUT2D eigenvalue weighted by Gasteiger charge is -2.21. The Morgan fingerprint density at radius 2 is 1.85 bits per heavy atom. The molecule has 0 radical (unpaired) electrons. The van der Waals surface area contributed by atoms with Crippen LogP contribution in [0.2, 0.25) is 0 Å². The SMILES string of the molecule is O=C(N[C@@H](Cc1ccccc1)C(=O)N[C@@H]1CCNC1)c1ccc(F)cc1. The minimum absolute atomic E-state index is 0.0727. The van der Waals surface area contributed by atoms with Crippen molar-refractivity contribution in [2.45, 2.75) is 24.9 Å². The van der Waals surface area contributed by atoms with E-state index < -0.39 is 17.8 Å². The Morgan fingerprint density at radius 1 is 1.12 bits per heavy atom. The fourth-order valence-electron chi connectivity index (χ4n) is 2.98. The van der Waals surface area contributed by atoms with Crippen molar-refractivity contribution < 1.29 is 14.0 Å². The van der Waals surface area contributed by atoms with Gasteiger partial charge >= 0.3 is 0 Å². The molecule has 2 aromatic rings. The number of nitrogens with one attached hydrogen (secondary N) is 3. The molecule has 2 aromatic carbocycles. The molecule has 0 bridgehead atoms. The van der Waals surface area contributed by atoms with Gasteiger partial charge in [-0.2, -0.15) is 0 Å². The number of hydrogen-bond donors (Lipinski definition) is 3. The second-order valence-electron chi connectivity index (χ2n) is 6.42. The van der Waals surface area contributed by atoms with Crippen LogP contribution >= 0.6 is 0 Å². The van der Waals surface area contributed by atoms with E-state index in [1.165, 1.54) is 24.3 Å². The molecule has 2 atom stereocenters. The molecular weight excluding hydrogens is 333 g/mol. The number of carbonyl (C=O) groups excluding carboxylic acids is 2. The zero-order valence-electron chi connectivity index (χ0n) is 14.4. The molecule has 0 spiro atoms. The molecular formula is C20H22FN3O2. The molecule has 0 saturated carbocycles. The number of rotatable bonds is 6. The van der Waals surface area contributed by atoms with Crippen LogP contribution in [0.3, 0.4) is 0 Å². The maximum absolute atomic E-state index is 13.1. The van der Waals surface area contributed by atoms with Gasteiger partial charge in [0.05, 0.1) is 0 Å². The van der Waals surface area contributed by atoms with E-state index >= 15 is 0 Å². The fraction of sp³-hybridized carbons (Fsp3) is 0.300. The second kappa shape index (κ2) is 8.58. The monoisotopic (exact) mass is 355 g/mol. The molecule has 1 aliphatic heterocycles. The van der Waals surface area contributed by atoms with E-state index in [2.05, 4.69) is 16.0 Å². The van der Waals surface area contributed by atoms with E-state index in [0.29, 0.717) is 12.0 Å². The minimum atomic E-state index is -0.699. The smallest absolute Gasteiger partial charge is 0.251 e. The molecule has 3 rings (SSSR count). The Kier molecular flexibility index (Phi) is 5.96. The number of hydrogen-bond acceptors (Lipinski definition) is 3. The molecule has 1 fully saturated rings. The highest BCUT2D eigenvalue weighted by Gasteiger charge is 2.25. The van der Waals surface area contributed by atoms with Gasteiger partial charge in [-0.1, -0.05) is 30.3 Å². The summed E-state index contributed by atoms with van der Waals surface area (Å²) < 4.78 is 13.1. The quantitative estimate of drug-likeness (QED) is 0.738. The van der Waals surface area contributed by atoms with E-state index in [-0.39, 0.29) is 11.9 Å². The summed E-state index contributed by atoms with van der Waals surface area (Å²) in [6, 6.07) is 14.2. The van der Waals surface area contributed by atoms with Crippen molar-refractivity contribution >= 4 is 11.8 Å². The van der Waals surface area contributed by atoms with Gasteiger partial charge < -0.3 is 16.0 Å². The van der Waals surface area contributed by atoms with E-state index in [1.54, 1.807) is 0 Å². The van der Waals surface area contributed by atoms with Crippen LogP contribution < -0.4 is 16.0 Å². The van der Waals surface area contributed by atoms with Crippen LogP contribution in [0.25, 0.3) is 0 Å². The molecule has 1 aliphatic rings. The van der Waals surface area contributed by atoms with Crippen LogP contribution in [0.1, 0.15) is 22.3 Å². The van der Waals surface area contributed by atoms with Gasteiger partial charge in [0, 0.05) is 24.6 Å². The van der Waals surface area contributed by atoms with E-state index in [1.807, 2.05) is 30.3 Å². The van der Waals surface area contributed by atoms with Crippen LogP contribution in [-0.2, 0) is 11.2 Å². The van der Waals surface area contributed by atoms with Gasteiger partial charge in [0.2, 0.25) is 5.91 Å². The summed E-state index contributed by atoms with van der Waals surface area (Å²) in [5, 5.41) is 8.97. The first-order valence-electron chi connectivity index (χ1n) is 8.73. The van der Waals surface area contributed by atoms with Crippen LogP contribution in [0, 0.1) is 5.82 Å². The van der Waals surface area contributed by atoms with E-state index in [0.717, 1.165) is 25.1 Å². The van der Waals surface area contributed by atoms with E-state index in [9.17, 15) is 14.0 Å². The molecule has 0 unspecified atom stereocenters. The molecule has 1 heterocycles. The van der Waals surface area contributed by atoms with Crippen LogP contribution in [0.15, 0.2) is 54.6 Å². The zero-order chi connectivity index (χ0) is 18.4. The maximum atomic E-state index is 13.1.